The molecule has 5 heteroatoms. The highest BCUT2D eigenvalue weighted by Gasteiger charge is 2.35. The molecule has 1 aromatic rings. The Hall–Kier alpha value is -0.970. The fourth-order valence-electron chi connectivity index (χ4n) is 1.49. The van der Waals surface area contributed by atoms with E-state index in [2.05, 4.69) is 5.10 Å². The molecule has 16 heavy (non-hydrogen) atoms. The molecule has 0 atom stereocenters. The molecule has 0 spiro atoms. The first-order valence-corrected chi connectivity index (χ1v) is 5.31. The quantitative estimate of drug-likeness (QED) is 0.866. The Morgan fingerprint density at radius 2 is 1.94 bits per heavy atom. The van der Waals surface area contributed by atoms with E-state index in [4.69, 9.17) is 5.73 Å². The van der Waals surface area contributed by atoms with Crippen molar-refractivity contribution in [3.05, 3.63) is 17.5 Å². The van der Waals surface area contributed by atoms with Crippen molar-refractivity contribution in [2.24, 2.45) is 12.8 Å². The van der Waals surface area contributed by atoms with Gasteiger partial charge in [0.1, 0.15) is 5.69 Å². The number of aryl methyl sites for hydroxylation is 1. The Bertz CT molecular complexity index is 364. The van der Waals surface area contributed by atoms with Gasteiger partial charge < -0.3 is 5.73 Å². The molecule has 0 amide bonds. The van der Waals surface area contributed by atoms with Crippen LogP contribution in [0.15, 0.2) is 6.07 Å². The first-order chi connectivity index (χ1) is 7.18. The van der Waals surface area contributed by atoms with Gasteiger partial charge in [0.15, 0.2) is 0 Å². The molecule has 0 fully saturated rings. The molecule has 0 aliphatic heterocycles. The van der Waals surface area contributed by atoms with Gasteiger partial charge in [-0.15, -0.1) is 0 Å². The number of nitrogens with two attached hydrogens (primary N) is 1. The lowest BCUT2D eigenvalue weighted by molar-refractivity contribution is -0.0187. The van der Waals surface area contributed by atoms with Crippen molar-refractivity contribution in [1.29, 1.82) is 0 Å². The van der Waals surface area contributed by atoms with Crippen LogP contribution in [0.1, 0.15) is 38.6 Å². The van der Waals surface area contributed by atoms with Gasteiger partial charge in [0.2, 0.25) is 0 Å². The third-order valence-corrected chi connectivity index (χ3v) is 2.48. The molecule has 0 saturated heterocycles. The number of nitrogens with zero attached hydrogens (tertiary/aromatic N) is 2. The molecular weight excluding hydrogens is 212 g/mol. The van der Waals surface area contributed by atoms with Crippen molar-refractivity contribution in [2.45, 2.75) is 38.5 Å². The Morgan fingerprint density at radius 3 is 2.31 bits per heavy atom. The Labute approximate surface area is 94.6 Å². The lowest BCUT2D eigenvalue weighted by atomic mass is 9.92. The summed E-state index contributed by atoms with van der Waals surface area (Å²) < 4.78 is 28.6. The SMILES string of the molecule is Cn1nc(C(C)(C)C)cc1C(F)(F)CCN. The zero-order chi connectivity index (χ0) is 12.6. The minimum Gasteiger partial charge on any atom is -0.330 e. The maximum atomic E-state index is 13.7. The standard InChI is InChI=1S/C11H19F2N3/c1-10(2,3)8-7-9(16(4)15-8)11(12,13)5-6-14/h7H,5-6,14H2,1-4H3. The molecule has 0 aliphatic rings. The van der Waals surface area contributed by atoms with Gasteiger partial charge in [0.05, 0.1) is 5.69 Å². The number of hydrogen-bond acceptors (Lipinski definition) is 2. The summed E-state index contributed by atoms with van der Waals surface area (Å²) in [7, 11) is 1.54. The third kappa shape index (κ3) is 2.58. The minimum absolute atomic E-state index is 0.0387. The van der Waals surface area contributed by atoms with Gasteiger partial charge in [-0.05, 0) is 12.6 Å². The molecule has 1 heterocycles. The van der Waals surface area contributed by atoms with Crippen LogP contribution in [0.4, 0.5) is 8.78 Å². The Balaban J connectivity index is 3.12. The predicted octanol–water partition coefficient (Wildman–Crippen LogP) is 2.16. The minimum atomic E-state index is -2.90. The molecule has 0 bridgehead atoms. The van der Waals surface area contributed by atoms with Crippen molar-refractivity contribution < 1.29 is 8.78 Å². The van der Waals surface area contributed by atoms with Crippen LogP contribution in [0.3, 0.4) is 0 Å². The summed E-state index contributed by atoms with van der Waals surface area (Å²) in [4.78, 5) is 0. The van der Waals surface area contributed by atoms with Crippen molar-refractivity contribution in [2.75, 3.05) is 6.54 Å². The van der Waals surface area contributed by atoms with Crippen molar-refractivity contribution in [1.82, 2.24) is 9.78 Å². The summed E-state index contributed by atoms with van der Waals surface area (Å²) in [6, 6.07) is 1.47. The molecular formula is C11H19F2N3. The van der Waals surface area contributed by atoms with Crippen LogP contribution >= 0.6 is 0 Å². The molecule has 1 rings (SSSR count). The topological polar surface area (TPSA) is 43.8 Å². The van der Waals surface area contributed by atoms with Crippen LogP contribution < -0.4 is 5.73 Å². The smallest absolute Gasteiger partial charge is 0.290 e. The van der Waals surface area contributed by atoms with Gasteiger partial charge in [-0.1, -0.05) is 20.8 Å². The van der Waals surface area contributed by atoms with E-state index < -0.39 is 5.92 Å². The van der Waals surface area contributed by atoms with Gasteiger partial charge in [0, 0.05) is 18.9 Å². The van der Waals surface area contributed by atoms with E-state index in [1.165, 1.54) is 17.8 Å². The second-order valence-electron chi connectivity index (χ2n) is 5.03. The second-order valence-corrected chi connectivity index (χ2v) is 5.03. The number of rotatable bonds is 3. The van der Waals surface area contributed by atoms with Gasteiger partial charge in [-0.2, -0.15) is 13.9 Å². The van der Waals surface area contributed by atoms with Crippen LogP contribution in [-0.2, 0) is 18.4 Å². The maximum absolute atomic E-state index is 13.7. The zero-order valence-electron chi connectivity index (χ0n) is 10.2. The van der Waals surface area contributed by atoms with E-state index in [9.17, 15) is 8.78 Å². The predicted molar refractivity (Wildman–Crippen MR) is 59.5 cm³/mol. The molecule has 0 aromatic carbocycles. The van der Waals surface area contributed by atoms with E-state index in [0.29, 0.717) is 5.69 Å². The second kappa shape index (κ2) is 4.13. The first-order valence-electron chi connectivity index (χ1n) is 5.31. The number of aromatic nitrogens is 2. The molecule has 1 aromatic heterocycles. The fourth-order valence-corrected chi connectivity index (χ4v) is 1.49. The summed E-state index contributed by atoms with van der Waals surface area (Å²) in [6.45, 7) is 5.80. The van der Waals surface area contributed by atoms with Crippen LogP contribution in [0.5, 0.6) is 0 Å². The third-order valence-electron chi connectivity index (χ3n) is 2.48. The summed E-state index contributed by atoms with van der Waals surface area (Å²) in [5, 5.41) is 4.13. The van der Waals surface area contributed by atoms with Crippen molar-refractivity contribution in [3.63, 3.8) is 0 Å². The van der Waals surface area contributed by atoms with Gasteiger partial charge >= 0.3 is 0 Å². The van der Waals surface area contributed by atoms with Gasteiger partial charge in [-0.3, -0.25) is 4.68 Å². The van der Waals surface area contributed by atoms with E-state index in [-0.39, 0.29) is 24.1 Å². The lowest BCUT2D eigenvalue weighted by Gasteiger charge is -2.15. The highest BCUT2D eigenvalue weighted by atomic mass is 19.3. The van der Waals surface area contributed by atoms with E-state index in [1.807, 2.05) is 20.8 Å². The van der Waals surface area contributed by atoms with Gasteiger partial charge in [0.25, 0.3) is 5.92 Å². The average molecular weight is 231 g/mol. The normalized spacial score (nSPS) is 13.2. The van der Waals surface area contributed by atoms with Gasteiger partial charge in [-0.25, -0.2) is 0 Å². The zero-order valence-corrected chi connectivity index (χ0v) is 10.2. The molecule has 2 N–H and O–H groups in total. The van der Waals surface area contributed by atoms with Crippen molar-refractivity contribution in [3.8, 4) is 0 Å². The van der Waals surface area contributed by atoms with E-state index >= 15 is 0 Å². The molecule has 0 radical (unpaired) electrons. The summed E-state index contributed by atoms with van der Waals surface area (Å²) >= 11 is 0. The summed E-state index contributed by atoms with van der Waals surface area (Å²) in [6.07, 6.45) is -0.351. The Kier molecular flexibility index (Phi) is 3.38. The van der Waals surface area contributed by atoms with E-state index in [0.717, 1.165) is 0 Å². The first kappa shape index (κ1) is 13.1. The molecule has 3 nitrogen and oxygen atoms in total. The largest absolute Gasteiger partial charge is 0.330 e. The number of alkyl halides is 2. The maximum Gasteiger partial charge on any atom is 0.290 e. The summed E-state index contributed by atoms with van der Waals surface area (Å²) in [5.41, 5.74) is 5.56. The summed E-state index contributed by atoms with van der Waals surface area (Å²) in [5.74, 6) is -2.90. The molecule has 92 valence electrons. The monoisotopic (exact) mass is 231 g/mol. The fraction of sp³-hybridized carbons (Fsp3) is 0.727. The molecule has 0 saturated carbocycles. The van der Waals surface area contributed by atoms with Crippen molar-refractivity contribution >= 4 is 0 Å². The number of hydrogen-bond donors (Lipinski definition) is 1. The van der Waals surface area contributed by atoms with Crippen LogP contribution in [0.25, 0.3) is 0 Å². The Morgan fingerprint density at radius 1 is 1.38 bits per heavy atom. The van der Waals surface area contributed by atoms with Crippen LogP contribution in [0, 0.1) is 0 Å². The highest BCUT2D eigenvalue weighted by molar-refractivity contribution is 5.20. The average Bonchev–Trinajstić information content (AvgIpc) is 2.46. The van der Waals surface area contributed by atoms with Crippen LogP contribution in [-0.4, -0.2) is 16.3 Å². The lowest BCUT2D eigenvalue weighted by Crippen LogP contribution is -2.21. The van der Waals surface area contributed by atoms with E-state index in [1.54, 1.807) is 0 Å². The molecule has 0 unspecified atom stereocenters. The van der Waals surface area contributed by atoms with Crippen LogP contribution in [0.2, 0.25) is 0 Å². The number of halogens is 2. The highest BCUT2D eigenvalue weighted by Crippen LogP contribution is 2.33. The molecule has 0 aliphatic carbocycles.